The van der Waals surface area contributed by atoms with E-state index < -0.39 is 0 Å². The van der Waals surface area contributed by atoms with Crippen molar-refractivity contribution in [1.29, 1.82) is 0 Å². The first-order valence-electron chi connectivity index (χ1n) is 6.15. The molecule has 0 aromatic heterocycles. The molecule has 5 heteroatoms. The number of carbonyl (C=O) groups excluding carboxylic acids is 1. The van der Waals surface area contributed by atoms with Gasteiger partial charge in [0.1, 0.15) is 12.0 Å². The third-order valence-electron chi connectivity index (χ3n) is 2.86. The summed E-state index contributed by atoms with van der Waals surface area (Å²) in [5.74, 6) is -0.237. The Labute approximate surface area is 106 Å². The summed E-state index contributed by atoms with van der Waals surface area (Å²) in [5.41, 5.74) is 0.606. The first-order chi connectivity index (χ1) is 8.75. The highest BCUT2D eigenvalue weighted by atomic mass is 19.1. The Balaban J connectivity index is 1.68. The molecule has 0 radical (unpaired) electrons. The zero-order chi connectivity index (χ0) is 12.8. The maximum absolute atomic E-state index is 13.3. The van der Waals surface area contributed by atoms with E-state index in [9.17, 15) is 9.18 Å². The van der Waals surface area contributed by atoms with E-state index in [1.54, 1.807) is 18.2 Å². The molecule has 2 amide bonds. The van der Waals surface area contributed by atoms with Crippen LogP contribution in [0.4, 0.5) is 9.18 Å². The van der Waals surface area contributed by atoms with Crippen molar-refractivity contribution in [1.82, 2.24) is 10.6 Å². The van der Waals surface area contributed by atoms with Crippen LogP contribution >= 0.6 is 0 Å². The lowest BCUT2D eigenvalue weighted by Crippen LogP contribution is -2.42. The van der Waals surface area contributed by atoms with Gasteiger partial charge in [-0.25, -0.2) is 9.18 Å². The highest BCUT2D eigenvalue weighted by Gasteiger charge is 2.17. The Bertz CT molecular complexity index is 406. The number of ether oxygens (including phenoxy) is 1. The number of nitrogens with one attached hydrogen (secondary N) is 2. The maximum Gasteiger partial charge on any atom is 0.316 e. The minimum Gasteiger partial charge on any atom is -0.358 e. The van der Waals surface area contributed by atoms with Gasteiger partial charge in [-0.15, -0.1) is 0 Å². The van der Waals surface area contributed by atoms with Crippen LogP contribution in [0.1, 0.15) is 18.4 Å². The molecule has 1 saturated heterocycles. The monoisotopic (exact) mass is 252 g/mol. The van der Waals surface area contributed by atoms with Crippen LogP contribution in [-0.4, -0.2) is 25.4 Å². The summed E-state index contributed by atoms with van der Waals surface area (Å²) in [5, 5.41) is 5.40. The van der Waals surface area contributed by atoms with Gasteiger partial charge in [-0.1, -0.05) is 18.2 Å². The van der Waals surface area contributed by atoms with E-state index in [-0.39, 0.29) is 18.1 Å². The van der Waals surface area contributed by atoms with Crippen molar-refractivity contribution < 1.29 is 13.9 Å². The highest BCUT2D eigenvalue weighted by molar-refractivity contribution is 5.74. The van der Waals surface area contributed by atoms with Gasteiger partial charge in [0, 0.05) is 13.2 Å². The van der Waals surface area contributed by atoms with Crippen molar-refractivity contribution in [2.75, 3.05) is 13.2 Å². The van der Waals surface area contributed by atoms with Gasteiger partial charge in [0.05, 0.1) is 0 Å². The lowest BCUT2D eigenvalue weighted by molar-refractivity contribution is 0.0908. The topological polar surface area (TPSA) is 50.4 Å². The van der Waals surface area contributed by atoms with Crippen LogP contribution in [0.2, 0.25) is 0 Å². The average molecular weight is 252 g/mol. The maximum atomic E-state index is 13.3. The van der Waals surface area contributed by atoms with Gasteiger partial charge < -0.3 is 15.4 Å². The van der Waals surface area contributed by atoms with Gasteiger partial charge in [-0.05, 0) is 30.9 Å². The number of hydrogen-bond acceptors (Lipinski definition) is 2. The fourth-order valence-electron chi connectivity index (χ4n) is 1.90. The van der Waals surface area contributed by atoms with E-state index in [1.807, 2.05) is 0 Å². The molecule has 1 heterocycles. The Morgan fingerprint density at radius 1 is 1.44 bits per heavy atom. The van der Waals surface area contributed by atoms with Crippen molar-refractivity contribution in [2.45, 2.75) is 25.5 Å². The van der Waals surface area contributed by atoms with Crippen molar-refractivity contribution in [2.24, 2.45) is 0 Å². The van der Waals surface area contributed by atoms with Gasteiger partial charge in [-0.3, -0.25) is 0 Å². The zero-order valence-corrected chi connectivity index (χ0v) is 10.1. The molecule has 2 N–H and O–H groups in total. The Kier molecular flexibility index (Phi) is 4.52. The summed E-state index contributed by atoms with van der Waals surface area (Å²) >= 11 is 0. The average Bonchev–Trinajstić information content (AvgIpc) is 2.84. The molecule has 1 aliphatic rings. The highest BCUT2D eigenvalue weighted by Crippen LogP contribution is 2.08. The van der Waals surface area contributed by atoms with E-state index in [2.05, 4.69) is 10.6 Å². The third kappa shape index (κ3) is 3.70. The standard InChI is InChI=1S/C13H17FN2O2/c14-11-5-2-1-4-10(11)7-8-15-13(17)16-12-6-3-9-18-12/h1-2,4-5,12H,3,6-9H2,(H2,15,16,17). The van der Waals surface area contributed by atoms with Crippen LogP contribution in [-0.2, 0) is 11.2 Å². The molecule has 1 aromatic carbocycles. The fraction of sp³-hybridized carbons (Fsp3) is 0.462. The molecule has 2 rings (SSSR count). The smallest absolute Gasteiger partial charge is 0.316 e. The molecule has 4 nitrogen and oxygen atoms in total. The Morgan fingerprint density at radius 2 is 2.28 bits per heavy atom. The van der Waals surface area contributed by atoms with E-state index >= 15 is 0 Å². The molecule has 1 fully saturated rings. The predicted octanol–water partition coefficient (Wildman–Crippen LogP) is 1.80. The molecule has 0 aliphatic carbocycles. The first-order valence-corrected chi connectivity index (χ1v) is 6.15. The third-order valence-corrected chi connectivity index (χ3v) is 2.86. The molecule has 1 aliphatic heterocycles. The lowest BCUT2D eigenvalue weighted by atomic mass is 10.1. The summed E-state index contributed by atoms with van der Waals surface area (Å²) in [6.45, 7) is 1.10. The number of amides is 2. The van der Waals surface area contributed by atoms with E-state index in [4.69, 9.17) is 4.74 Å². The fourth-order valence-corrected chi connectivity index (χ4v) is 1.90. The SMILES string of the molecule is O=C(NCCc1ccccc1F)NC1CCCO1. The van der Waals surface area contributed by atoms with Crippen LogP contribution in [0, 0.1) is 5.82 Å². The van der Waals surface area contributed by atoms with Crippen molar-refractivity contribution >= 4 is 6.03 Å². The van der Waals surface area contributed by atoms with Gasteiger partial charge >= 0.3 is 6.03 Å². The minimum absolute atomic E-state index is 0.182. The number of benzene rings is 1. The van der Waals surface area contributed by atoms with Crippen molar-refractivity contribution in [3.63, 3.8) is 0 Å². The van der Waals surface area contributed by atoms with Gasteiger partial charge in [0.25, 0.3) is 0 Å². The van der Waals surface area contributed by atoms with Crippen LogP contribution in [0.15, 0.2) is 24.3 Å². The molecule has 1 aromatic rings. The van der Waals surface area contributed by atoms with Crippen molar-refractivity contribution in [3.8, 4) is 0 Å². The van der Waals surface area contributed by atoms with Crippen molar-refractivity contribution in [3.05, 3.63) is 35.6 Å². The number of halogens is 1. The second-order valence-electron chi connectivity index (χ2n) is 4.24. The molecule has 0 spiro atoms. The second kappa shape index (κ2) is 6.35. The molecule has 0 bridgehead atoms. The summed E-state index contributed by atoms with van der Waals surface area (Å²) in [4.78, 5) is 11.5. The quantitative estimate of drug-likeness (QED) is 0.858. The molecule has 1 unspecified atom stereocenters. The summed E-state index contributed by atoms with van der Waals surface area (Å²) in [7, 11) is 0. The molecule has 18 heavy (non-hydrogen) atoms. The molecule has 1 atom stereocenters. The van der Waals surface area contributed by atoms with Gasteiger partial charge in [-0.2, -0.15) is 0 Å². The molecule has 0 saturated carbocycles. The van der Waals surface area contributed by atoms with E-state index in [1.165, 1.54) is 6.07 Å². The van der Waals surface area contributed by atoms with Gasteiger partial charge in [0.2, 0.25) is 0 Å². The number of urea groups is 1. The van der Waals surface area contributed by atoms with E-state index in [0.717, 1.165) is 12.8 Å². The van der Waals surface area contributed by atoms with Crippen LogP contribution in [0.3, 0.4) is 0 Å². The van der Waals surface area contributed by atoms with Crippen LogP contribution in [0.5, 0.6) is 0 Å². The number of hydrogen-bond donors (Lipinski definition) is 2. The lowest BCUT2D eigenvalue weighted by Gasteiger charge is -2.12. The summed E-state index contributed by atoms with van der Waals surface area (Å²) < 4.78 is 18.6. The molecular weight excluding hydrogens is 235 g/mol. The Hall–Kier alpha value is -1.62. The largest absolute Gasteiger partial charge is 0.358 e. The second-order valence-corrected chi connectivity index (χ2v) is 4.24. The zero-order valence-electron chi connectivity index (χ0n) is 10.1. The first kappa shape index (κ1) is 12.8. The van der Waals surface area contributed by atoms with E-state index in [0.29, 0.717) is 25.1 Å². The van der Waals surface area contributed by atoms with Crippen LogP contribution in [0.25, 0.3) is 0 Å². The minimum atomic E-state index is -0.266. The summed E-state index contributed by atoms with van der Waals surface area (Å²) in [6, 6.07) is 6.30. The molecular formula is C13H17FN2O2. The number of carbonyl (C=O) groups is 1. The summed E-state index contributed by atoms with van der Waals surface area (Å²) in [6.07, 6.45) is 2.12. The predicted molar refractivity (Wildman–Crippen MR) is 65.6 cm³/mol. The van der Waals surface area contributed by atoms with Crippen LogP contribution < -0.4 is 10.6 Å². The van der Waals surface area contributed by atoms with Gasteiger partial charge in [0.15, 0.2) is 0 Å². The molecule has 98 valence electrons. The normalized spacial score (nSPS) is 18.6. The number of rotatable bonds is 4. The Morgan fingerprint density at radius 3 is 3.00 bits per heavy atom.